The minimum absolute atomic E-state index is 0.0840. The molecule has 0 saturated carbocycles. The van der Waals surface area contributed by atoms with Crippen molar-refractivity contribution in [1.29, 1.82) is 0 Å². The molecule has 0 fully saturated rings. The molecule has 2 N–H and O–H groups in total. The third kappa shape index (κ3) is 3.90. The van der Waals surface area contributed by atoms with Crippen LogP contribution in [0, 0.1) is 6.92 Å². The molecule has 0 unspecified atom stereocenters. The number of nitrogens with one attached hydrogen (secondary N) is 2. The molecule has 0 saturated heterocycles. The zero-order valence-electron chi connectivity index (χ0n) is 16.4. The lowest BCUT2D eigenvalue weighted by atomic mass is 10.0. The summed E-state index contributed by atoms with van der Waals surface area (Å²) in [5.41, 5.74) is 1.86. The van der Waals surface area contributed by atoms with E-state index in [1.54, 1.807) is 37.6 Å². The SMILES string of the molecule is COc1ccc2c(C)c(CCC(=O)Nc3n[nH]c(-c4ccccn4)n3)c(=O)oc2c1. The average molecular weight is 405 g/mol. The summed E-state index contributed by atoms with van der Waals surface area (Å²) in [6.45, 7) is 1.84. The minimum atomic E-state index is -0.462. The van der Waals surface area contributed by atoms with Crippen molar-refractivity contribution in [3.05, 3.63) is 64.1 Å². The summed E-state index contributed by atoms with van der Waals surface area (Å²) in [5, 5.41) is 10.1. The number of amides is 1. The van der Waals surface area contributed by atoms with Gasteiger partial charge in [0.2, 0.25) is 11.9 Å². The Hall–Kier alpha value is -4.01. The molecule has 0 bridgehead atoms. The predicted molar refractivity (Wildman–Crippen MR) is 110 cm³/mol. The Morgan fingerprint density at radius 1 is 1.27 bits per heavy atom. The number of nitrogens with zero attached hydrogens (tertiary/aromatic N) is 3. The molecule has 9 heteroatoms. The van der Waals surface area contributed by atoms with Crippen LogP contribution in [-0.4, -0.2) is 33.2 Å². The van der Waals surface area contributed by atoms with Gasteiger partial charge in [0, 0.05) is 29.6 Å². The van der Waals surface area contributed by atoms with E-state index >= 15 is 0 Å². The Morgan fingerprint density at radius 3 is 2.90 bits per heavy atom. The van der Waals surface area contributed by atoms with Crippen LogP contribution in [0.4, 0.5) is 5.95 Å². The van der Waals surface area contributed by atoms with E-state index in [1.165, 1.54) is 0 Å². The number of hydrogen-bond acceptors (Lipinski definition) is 7. The highest BCUT2D eigenvalue weighted by molar-refractivity contribution is 5.89. The number of ether oxygens (including phenoxy) is 1. The average Bonchev–Trinajstić information content (AvgIpc) is 3.22. The van der Waals surface area contributed by atoms with E-state index < -0.39 is 5.63 Å². The second kappa shape index (κ2) is 8.16. The number of carbonyl (C=O) groups is 1. The Bertz CT molecular complexity index is 1260. The van der Waals surface area contributed by atoms with Crippen LogP contribution < -0.4 is 15.7 Å². The normalized spacial score (nSPS) is 10.9. The molecule has 0 aliphatic rings. The van der Waals surface area contributed by atoms with Crippen LogP contribution in [0.25, 0.3) is 22.5 Å². The van der Waals surface area contributed by atoms with Crippen molar-refractivity contribution in [2.24, 2.45) is 0 Å². The highest BCUT2D eigenvalue weighted by Gasteiger charge is 2.15. The molecule has 3 aromatic heterocycles. The van der Waals surface area contributed by atoms with Crippen molar-refractivity contribution in [3.8, 4) is 17.3 Å². The minimum Gasteiger partial charge on any atom is -0.497 e. The molecule has 0 radical (unpaired) electrons. The number of rotatable bonds is 6. The van der Waals surface area contributed by atoms with Crippen LogP contribution in [0.3, 0.4) is 0 Å². The summed E-state index contributed by atoms with van der Waals surface area (Å²) in [6.07, 6.45) is 1.96. The molecule has 0 aliphatic heterocycles. The number of benzene rings is 1. The van der Waals surface area contributed by atoms with Gasteiger partial charge in [-0.05, 0) is 43.2 Å². The van der Waals surface area contributed by atoms with Crippen LogP contribution >= 0.6 is 0 Å². The van der Waals surface area contributed by atoms with Gasteiger partial charge in [0.1, 0.15) is 17.0 Å². The fourth-order valence-electron chi connectivity index (χ4n) is 3.15. The van der Waals surface area contributed by atoms with Gasteiger partial charge in [0.25, 0.3) is 0 Å². The third-order valence-corrected chi connectivity index (χ3v) is 4.74. The van der Waals surface area contributed by atoms with Crippen LogP contribution in [0.1, 0.15) is 17.5 Å². The standard InChI is InChI=1S/C21H19N5O4/c1-12-14-7-6-13(29-2)11-17(14)30-20(28)15(12)8-9-18(27)23-21-24-19(25-26-21)16-5-3-4-10-22-16/h3-7,10-11H,8-9H2,1-2H3,(H2,23,24,25,26,27). The number of pyridine rings is 1. The molecular weight excluding hydrogens is 386 g/mol. The molecule has 0 spiro atoms. The number of carbonyl (C=O) groups excluding carboxylic acids is 1. The maximum absolute atomic E-state index is 12.4. The zero-order valence-corrected chi connectivity index (χ0v) is 16.4. The monoisotopic (exact) mass is 405 g/mol. The first-order valence-corrected chi connectivity index (χ1v) is 9.29. The van der Waals surface area contributed by atoms with E-state index in [2.05, 4.69) is 25.5 Å². The first-order valence-electron chi connectivity index (χ1n) is 9.29. The molecule has 152 valence electrons. The fourth-order valence-corrected chi connectivity index (χ4v) is 3.15. The van der Waals surface area contributed by atoms with E-state index in [0.29, 0.717) is 28.4 Å². The number of anilines is 1. The number of H-pyrrole nitrogens is 1. The molecule has 4 rings (SSSR count). The topological polar surface area (TPSA) is 123 Å². The summed E-state index contributed by atoms with van der Waals surface area (Å²) in [7, 11) is 1.55. The smallest absolute Gasteiger partial charge is 0.339 e. The largest absolute Gasteiger partial charge is 0.497 e. The van der Waals surface area contributed by atoms with Gasteiger partial charge < -0.3 is 9.15 Å². The third-order valence-electron chi connectivity index (χ3n) is 4.74. The maximum Gasteiger partial charge on any atom is 0.339 e. The Balaban J connectivity index is 1.46. The molecule has 4 aromatic rings. The van der Waals surface area contributed by atoms with Gasteiger partial charge in [-0.15, -0.1) is 5.10 Å². The summed E-state index contributed by atoms with van der Waals surface area (Å²) < 4.78 is 10.6. The molecule has 9 nitrogen and oxygen atoms in total. The molecule has 1 amide bonds. The van der Waals surface area contributed by atoms with E-state index in [1.807, 2.05) is 19.1 Å². The molecule has 3 heterocycles. The number of aromatic amines is 1. The van der Waals surface area contributed by atoms with Gasteiger partial charge in [-0.2, -0.15) is 4.98 Å². The van der Waals surface area contributed by atoms with Crippen molar-refractivity contribution < 1.29 is 13.9 Å². The van der Waals surface area contributed by atoms with Gasteiger partial charge in [-0.25, -0.2) is 4.79 Å². The van der Waals surface area contributed by atoms with Crippen LogP contribution in [0.2, 0.25) is 0 Å². The number of aromatic nitrogens is 4. The molecule has 0 atom stereocenters. The van der Waals surface area contributed by atoms with Gasteiger partial charge >= 0.3 is 5.63 Å². The Kier molecular flexibility index (Phi) is 5.25. The fraction of sp³-hybridized carbons (Fsp3) is 0.190. The Morgan fingerprint density at radius 2 is 2.13 bits per heavy atom. The first-order chi connectivity index (χ1) is 14.5. The van der Waals surface area contributed by atoms with E-state index in [-0.39, 0.29) is 24.7 Å². The lowest BCUT2D eigenvalue weighted by Crippen LogP contribution is -2.17. The Labute approximate surface area is 171 Å². The highest BCUT2D eigenvalue weighted by Crippen LogP contribution is 2.24. The molecular formula is C21H19N5O4. The number of hydrogen-bond donors (Lipinski definition) is 2. The van der Waals surface area contributed by atoms with Crippen molar-refractivity contribution in [2.45, 2.75) is 19.8 Å². The summed E-state index contributed by atoms with van der Waals surface area (Å²) in [5.74, 6) is 0.895. The van der Waals surface area contributed by atoms with Gasteiger partial charge in [-0.3, -0.25) is 20.2 Å². The second-order valence-electron chi connectivity index (χ2n) is 6.63. The van der Waals surface area contributed by atoms with Gasteiger partial charge in [-0.1, -0.05) is 6.07 Å². The van der Waals surface area contributed by atoms with Crippen molar-refractivity contribution in [2.75, 3.05) is 12.4 Å². The van der Waals surface area contributed by atoms with Crippen LogP contribution in [0.15, 0.2) is 51.8 Å². The highest BCUT2D eigenvalue weighted by atomic mass is 16.5. The van der Waals surface area contributed by atoms with Crippen molar-refractivity contribution in [3.63, 3.8) is 0 Å². The lowest BCUT2D eigenvalue weighted by molar-refractivity contribution is -0.116. The first kappa shape index (κ1) is 19.3. The van der Waals surface area contributed by atoms with Crippen LogP contribution in [0.5, 0.6) is 5.75 Å². The van der Waals surface area contributed by atoms with E-state index in [0.717, 1.165) is 10.9 Å². The summed E-state index contributed by atoms with van der Waals surface area (Å²) in [4.78, 5) is 33.1. The summed E-state index contributed by atoms with van der Waals surface area (Å²) >= 11 is 0. The van der Waals surface area contributed by atoms with Crippen molar-refractivity contribution in [1.82, 2.24) is 20.2 Å². The second-order valence-corrected chi connectivity index (χ2v) is 6.63. The number of aryl methyl sites for hydroxylation is 1. The quantitative estimate of drug-likeness (QED) is 0.473. The number of fused-ring (bicyclic) bond motifs is 1. The van der Waals surface area contributed by atoms with Crippen LogP contribution in [-0.2, 0) is 11.2 Å². The lowest BCUT2D eigenvalue weighted by Gasteiger charge is -2.08. The maximum atomic E-state index is 12.4. The summed E-state index contributed by atoms with van der Waals surface area (Å²) in [6, 6.07) is 10.7. The van der Waals surface area contributed by atoms with Gasteiger partial charge in [0.05, 0.1) is 7.11 Å². The predicted octanol–water partition coefficient (Wildman–Crippen LogP) is 2.86. The molecule has 0 aliphatic carbocycles. The van der Waals surface area contributed by atoms with Crippen molar-refractivity contribution >= 4 is 22.8 Å². The molecule has 1 aromatic carbocycles. The van der Waals surface area contributed by atoms with Gasteiger partial charge in [0.15, 0.2) is 5.82 Å². The molecule has 30 heavy (non-hydrogen) atoms. The van der Waals surface area contributed by atoms with E-state index in [4.69, 9.17) is 9.15 Å². The zero-order chi connectivity index (χ0) is 21.1. The van der Waals surface area contributed by atoms with E-state index in [9.17, 15) is 9.59 Å². The number of methoxy groups -OCH3 is 1.